The van der Waals surface area contributed by atoms with Crippen LogP contribution in [0.15, 0.2) is 17.3 Å². The van der Waals surface area contributed by atoms with Gasteiger partial charge in [0.15, 0.2) is 0 Å². The summed E-state index contributed by atoms with van der Waals surface area (Å²) in [6, 6.07) is 0.428. The molecule has 46 valence electrons. The first-order chi connectivity index (χ1) is 3.98. The quantitative estimate of drug-likeness (QED) is 0.444. The summed E-state index contributed by atoms with van der Waals surface area (Å²) in [6.07, 6.45) is 0. The van der Waals surface area contributed by atoms with Crippen LogP contribution >= 0.6 is 11.6 Å². The molecule has 0 unspecified atom stereocenters. The normalized spacial score (nSPS) is 11.8. The molecule has 0 atom stereocenters. The summed E-state index contributed by atoms with van der Waals surface area (Å²) in [5.74, 6) is 0. The van der Waals surface area contributed by atoms with Gasteiger partial charge in [-0.25, -0.2) is 0 Å². The average Bonchev–Trinajstić information content (AvgIpc) is 1.64. The third kappa shape index (κ3) is 5.81. The van der Waals surface area contributed by atoms with Crippen molar-refractivity contribution in [3.63, 3.8) is 0 Å². The summed E-state index contributed by atoms with van der Waals surface area (Å²) >= 11 is 5.23. The molecule has 0 nitrogen and oxygen atoms in total. The summed E-state index contributed by atoms with van der Waals surface area (Å²) < 4.78 is 7.31. The van der Waals surface area contributed by atoms with Crippen molar-refractivity contribution in [3.8, 4) is 0 Å². The zero-order valence-corrected chi connectivity index (χ0v) is 6.21. The molecule has 0 fully saturated rings. The molecule has 8 heavy (non-hydrogen) atoms. The molecule has 0 spiro atoms. The number of halogens is 1. The third-order valence-corrected chi connectivity index (χ3v) is 0.611. The van der Waals surface area contributed by atoms with Crippen molar-refractivity contribution >= 4 is 11.6 Å². The molecular weight excluding hydrogens is 120 g/mol. The summed E-state index contributed by atoms with van der Waals surface area (Å²) in [5, 5.41) is 0. The number of allylic oxidation sites excluding steroid dienone is 1. The van der Waals surface area contributed by atoms with Crippen LogP contribution in [0.1, 0.15) is 22.1 Å². The van der Waals surface area contributed by atoms with Crippen LogP contribution in [0.4, 0.5) is 0 Å². The minimum atomic E-state index is -0.134. The van der Waals surface area contributed by atoms with Crippen LogP contribution < -0.4 is 0 Å². The van der Waals surface area contributed by atoms with Crippen molar-refractivity contribution in [2.45, 2.75) is 20.8 Å². The molecule has 0 aromatic carbocycles. The van der Waals surface area contributed by atoms with E-state index in [1.807, 2.05) is 20.8 Å². The fourth-order valence-electron chi connectivity index (χ4n) is 0.244. The van der Waals surface area contributed by atoms with Crippen molar-refractivity contribution in [2.24, 2.45) is 5.41 Å². The molecule has 0 heterocycles. The van der Waals surface area contributed by atoms with Crippen LogP contribution in [0.2, 0.25) is 0 Å². The van der Waals surface area contributed by atoms with Crippen LogP contribution in [0.3, 0.4) is 0 Å². The lowest BCUT2D eigenvalue weighted by Crippen LogP contribution is -1.96. The Bertz CT molecular complexity index is 147. The molecule has 0 aliphatic carbocycles. The van der Waals surface area contributed by atoms with Gasteiger partial charge in [0.05, 0.1) is 1.37 Å². The number of hydrogen-bond donors (Lipinski definition) is 0. The molecule has 1 heteroatoms. The lowest BCUT2D eigenvalue weighted by molar-refractivity contribution is 0.545. The second-order valence-corrected chi connectivity index (χ2v) is 2.85. The summed E-state index contributed by atoms with van der Waals surface area (Å²) in [6.45, 7) is 5.84. The Hall–Kier alpha value is -0.190. The highest BCUT2D eigenvalue weighted by atomic mass is 35.5. The van der Waals surface area contributed by atoms with Gasteiger partial charge in [-0.05, 0) is 11.5 Å². The fraction of sp³-hybridized carbons (Fsp3) is 0.571. The number of hydrogen-bond acceptors (Lipinski definition) is 0. The molecule has 0 rings (SSSR count). The summed E-state index contributed by atoms with van der Waals surface area (Å²) in [4.78, 5) is 0. The van der Waals surface area contributed by atoms with Gasteiger partial charge >= 0.3 is 0 Å². The molecule has 0 saturated heterocycles. The molecule has 0 aliphatic heterocycles. The van der Waals surface area contributed by atoms with Gasteiger partial charge in [0.25, 0.3) is 0 Å². The zero-order chi connectivity index (χ0) is 7.49. The highest BCUT2D eigenvalue weighted by molar-refractivity contribution is 6.25. The lowest BCUT2D eigenvalue weighted by atomic mass is 9.97. The van der Waals surface area contributed by atoms with Crippen molar-refractivity contribution in [1.29, 1.82) is 0 Å². The maximum atomic E-state index is 7.31. The van der Waals surface area contributed by atoms with Gasteiger partial charge in [-0.15, -0.1) is 5.73 Å². The highest BCUT2D eigenvalue weighted by Gasteiger charge is 2.01. The van der Waals surface area contributed by atoms with Crippen LogP contribution in [-0.2, 0) is 0 Å². The van der Waals surface area contributed by atoms with Crippen LogP contribution in [0.5, 0.6) is 0 Å². The van der Waals surface area contributed by atoms with E-state index in [2.05, 4.69) is 5.73 Å². The van der Waals surface area contributed by atoms with Gasteiger partial charge < -0.3 is 0 Å². The SMILES string of the molecule is [2H]C(=C=CCl)C(C)(C)C. The van der Waals surface area contributed by atoms with E-state index in [9.17, 15) is 0 Å². The van der Waals surface area contributed by atoms with Crippen LogP contribution in [-0.4, -0.2) is 0 Å². The molecule has 0 amide bonds. The average molecular weight is 132 g/mol. The molecule has 0 aromatic rings. The number of rotatable bonds is 0. The van der Waals surface area contributed by atoms with E-state index in [1.165, 1.54) is 5.54 Å². The smallest absolute Gasteiger partial charge is 0.0672 e. The summed E-state index contributed by atoms with van der Waals surface area (Å²) in [5.41, 5.74) is 3.72. The van der Waals surface area contributed by atoms with Gasteiger partial charge in [0.2, 0.25) is 0 Å². The minimum Gasteiger partial charge on any atom is -0.112 e. The van der Waals surface area contributed by atoms with Gasteiger partial charge in [0.1, 0.15) is 0 Å². The zero-order valence-electron chi connectivity index (χ0n) is 6.46. The monoisotopic (exact) mass is 131 g/mol. The second kappa shape index (κ2) is 2.96. The van der Waals surface area contributed by atoms with E-state index >= 15 is 0 Å². The van der Waals surface area contributed by atoms with Crippen molar-refractivity contribution in [1.82, 2.24) is 0 Å². The summed E-state index contributed by atoms with van der Waals surface area (Å²) in [7, 11) is 0. The van der Waals surface area contributed by atoms with E-state index in [0.717, 1.165) is 0 Å². The fourth-order valence-corrected chi connectivity index (χ4v) is 0.298. The minimum absolute atomic E-state index is 0.134. The topological polar surface area (TPSA) is 0 Å². The van der Waals surface area contributed by atoms with Gasteiger partial charge in [-0.2, -0.15) is 0 Å². The standard InChI is InChI=1S/C7H11Cl/c1-7(2,3)5-4-6-8/h5-6H,1-3H3/i5D. The predicted octanol–water partition coefficient (Wildman–Crippen LogP) is 2.94. The second-order valence-electron chi connectivity index (χ2n) is 2.63. The highest BCUT2D eigenvalue weighted by Crippen LogP contribution is 2.13. The van der Waals surface area contributed by atoms with Gasteiger partial charge in [-0.3, -0.25) is 0 Å². The molecule has 0 radical (unpaired) electrons. The van der Waals surface area contributed by atoms with E-state index in [4.69, 9.17) is 13.0 Å². The van der Waals surface area contributed by atoms with E-state index in [-0.39, 0.29) is 5.41 Å². The largest absolute Gasteiger partial charge is 0.112 e. The third-order valence-electron chi connectivity index (χ3n) is 0.502. The molecule has 0 saturated carbocycles. The molecule has 0 bridgehead atoms. The predicted molar refractivity (Wildman–Crippen MR) is 38.0 cm³/mol. The first-order valence-electron chi connectivity index (χ1n) is 3.01. The first kappa shape index (κ1) is 5.94. The van der Waals surface area contributed by atoms with Gasteiger partial charge in [-0.1, -0.05) is 32.4 Å². The van der Waals surface area contributed by atoms with Crippen molar-refractivity contribution < 1.29 is 1.37 Å². The Balaban J connectivity index is 4.40. The molecular formula is C7H11Cl. The van der Waals surface area contributed by atoms with E-state index in [0.29, 0.717) is 6.05 Å². The lowest BCUT2D eigenvalue weighted by Gasteiger charge is -2.07. The van der Waals surface area contributed by atoms with Crippen LogP contribution in [0.25, 0.3) is 0 Å². The Morgan fingerprint density at radius 2 is 2.12 bits per heavy atom. The maximum Gasteiger partial charge on any atom is 0.0672 e. The molecule has 0 aromatic heterocycles. The van der Waals surface area contributed by atoms with Crippen LogP contribution in [0, 0.1) is 5.41 Å². The molecule has 0 N–H and O–H groups in total. The first-order valence-corrected chi connectivity index (χ1v) is 2.94. The Morgan fingerprint density at radius 3 is 2.25 bits per heavy atom. The van der Waals surface area contributed by atoms with E-state index < -0.39 is 0 Å². The van der Waals surface area contributed by atoms with E-state index in [1.54, 1.807) is 0 Å². The Morgan fingerprint density at radius 1 is 1.62 bits per heavy atom. The molecule has 0 aliphatic rings. The Kier molecular flexibility index (Phi) is 2.20. The van der Waals surface area contributed by atoms with Crippen molar-refractivity contribution in [3.05, 3.63) is 17.3 Å². The van der Waals surface area contributed by atoms with Crippen molar-refractivity contribution in [2.75, 3.05) is 0 Å². The Labute approximate surface area is 57.3 Å². The maximum absolute atomic E-state index is 7.31. The van der Waals surface area contributed by atoms with Gasteiger partial charge in [0, 0.05) is 5.54 Å².